The third kappa shape index (κ3) is 3.57. The summed E-state index contributed by atoms with van der Waals surface area (Å²) in [5.41, 5.74) is 1.64. The van der Waals surface area contributed by atoms with Crippen molar-refractivity contribution in [3.63, 3.8) is 0 Å². The number of ether oxygens (including phenoxy) is 1. The molecule has 0 spiro atoms. The zero-order valence-electron chi connectivity index (χ0n) is 11.9. The minimum Gasteiger partial charge on any atom is -0.492 e. The molecule has 0 saturated heterocycles. The molecule has 106 valence electrons. The molecule has 1 aromatic carbocycles. The van der Waals surface area contributed by atoms with Gasteiger partial charge in [-0.3, -0.25) is 4.79 Å². The lowest BCUT2D eigenvalue weighted by Gasteiger charge is -2.10. The van der Waals surface area contributed by atoms with E-state index in [9.17, 15) is 4.79 Å². The summed E-state index contributed by atoms with van der Waals surface area (Å²) in [6, 6.07) is 7.45. The number of aryl methyl sites for hydroxylation is 2. The molecule has 1 heterocycles. The van der Waals surface area contributed by atoms with E-state index in [1.807, 2.05) is 45.0 Å². The largest absolute Gasteiger partial charge is 0.492 e. The van der Waals surface area contributed by atoms with E-state index in [0.29, 0.717) is 24.5 Å². The van der Waals surface area contributed by atoms with Gasteiger partial charge in [0.15, 0.2) is 0 Å². The number of carbonyl (C=O) groups is 1. The van der Waals surface area contributed by atoms with Gasteiger partial charge in [-0.1, -0.05) is 12.1 Å². The van der Waals surface area contributed by atoms with Crippen LogP contribution in [0, 0.1) is 13.8 Å². The molecular formula is C15H18N2O2S. The van der Waals surface area contributed by atoms with Crippen LogP contribution in [0.2, 0.25) is 0 Å². The van der Waals surface area contributed by atoms with Crippen molar-refractivity contribution in [3.8, 4) is 5.75 Å². The Morgan fingerprint density at radius 3 is 2.75 bits per heavy atom. The fourth-order valence-electron chi connectivity index (χ4n) is 1.93. The zero-order chi connectivity index (χ0) is 14.5. The maximum absolute atomic E-state index is 12.1. The van der Waals surface area contributed by atoms with Gasteiger partial charge < -0.3 is 10.1 Å². The Kier molecular flexibility index (Phi) is 4.74. The van der Waals surface area contributed by atoms with Crippen LogP contribution in [-0.4, -0.2) is 17.5 Å². The van der Waals surface area contributed by atoms with Gasteiger partial charge in [0.25, 0.3) is 0 Å². The number of hydrogen-bond acceptors (Lipinski definition) is 4. The first-order valence-electron chi connectivity index (χ1n) is 6.54. The molecule has 0 saturated carbocycles. The van der Waals surface area contributed by atoms with Crippen LogP contribution in [-0.2, 0) is 11.2 Å². The second-order valence-corrected chi connectivity index (χ2v) is 5.68. The summed E-state index contributed by atoms with van der Waals surface area (Å²) in [6.07, 6.45) is 0.345. The summed E-state index contributed by atoms with van der Waals surface area (Å²) >= 11 is 1.56. The van der Waals surface area contributed by atoms with Gasteiger partial charge in [0.2, 0.25) is 5.91 Å². The minimum atomic E-state index is -0.0519. The van der Waals surface area contributed by atoms with Crippen molar-refractivity contribution in [1.82, 2.24) is 4.98 Å². The molecule has 1 N–H and O–H groups in total. The molecule has 0 aliphatic heterocycles. The first-order chi connectivity index (χ1) is 9.60. The smallest absolute Gasteiger partial charge is 0.229 e. The van der Waals surface area contributed by atoms with Crippen LogP contribution in [0.3, 0.4) is 0 Å². The number of anilines is 1. The Morgan fingerprint density at radius 2 is 2.10 bits per heavy atom. The summed E-state index contributed by atoms with van der Waals surface area (Å²) < 4.78 is 5.49. The first-order valence-corrected chi connectivity index (χ1v) is 7.36. The van der Waals surface area contributed by atoms with Crippen molar-refractivity contribution in [2.24, 2.45) is 0 Å². The Balaban J connectivity index is 2.06. The first kappa shape index (κ1) is 14.5. The van der Waals surface area contributed by atoms with Crippen molar-refractivity contribution >= 4 is 22.9 Å². The Labute approximate surface area is 122 Å². The average Bonchev–Trinajstić information content (AvgIpc) is 2.70. The number of thiazole rings is 1. The molecular weight excluding hydrogens is 272 g/mol. The highest BCUT2D eigenvalue weighted by Crippen LogP contribution is 2.24. The number of hydrogen-bond donors (Lipinski definition) is 1. The van der Waals surface area contributed by atoms with E-state index in [0.717, 1.165) is 15.6 Å². The number of rotatable bonds is 5. The number of aromatic nitrogens is 1. The van der Waals surface area contributed by atoms with Crippen LogP contribution in [0.5, 0.6) is 5.75 Å². The zero-order valence-corrected chi connectivity index (χ0v) is 12.7. The standard InChI is InChI=1S/C15H18N2O2S/c1-4-19-13-8-6-5-7-12(13)17-15(18)9-14-10(2)16-11(3)20-14/h5-8H,4,9H2,1-3H3,(H,17,18). The molecule has 1 amide bonds. The Hall–Kier alpha value is -1.88. The summed E-state index contributed by atoms with van der Waals surface area (Å²) in [6.45, 7) is 6.37. The predicted octanol–water partition coefficient (Wildman–Crippen LogP) is 3.34. The monoisotopic (exact) mass is 290 g/mol. The highest BCUT2D eigenvalue weighted by atomic mass is 32.1. The van der Waals surface area contributed by atoms with Crippen LogP contribution in [0.25, 0.3) is 0 Å². The molecule has 0 fully saturated rings. The summed E-state index contributed by atoms with van der Waals surface area (Å²) in [5.74, 6) is 0.643. The SMILES string of the molecule is CCOc1ccccc1NC(=O)Cc1sc(C)nc1C. The third-order valence-electron chi connectivity index (χ3n) is 2.78. The van der Waals surface area contributed by atoms with Gasteiger partial charge in [-0.15, -0.1) is 11.3 Å². The third-order valence-corrected chi connectivity index (χ3v) is 3.85. The van der Waals surface area contributed by atoms with Crippen LogP contribution in [0.15, 0.2) is 24.3 Å². The molecule has 1 aromatic heterocycles. The van der Waals surface area contributed by atoms with Gasteiger partial charge >= 0.3 is 0 Å². The van der Waals surface area contributed by atoms with Gasteiger partial charge in [-0.2, -0.15) is 0 Å². The van der Waals surface area contributed by atoms with E-state index in [2.05, 4.69) is 10.3 Å². The van der Waals surface area contributed by atoms with Crippen molar-refractivity contribution < 1.29 is 9.53 Å². The average molecular weight is 290 g/mol. The molecule has 2 aromatic rings. The van der Waals surface area contributed by atoms with Crippen LogP contribution in [0.4, 0.5) is 5.69 Å². The lowest BCUT2D eigenvalue weighted by Crippen LogP contribution is -2.15. The highest BCUT2D eigenvalue weighted by Gasteiger charge is 2.12. The molecule has 0 unspecified atom stereocenters. The van der Waals surface area contributed by atoms with Gasteiger partial charge in [0.1, 0.15) is 5.75 Å². The van der Waals surface area contributed by atoms with E-state index < -0.39 is 0 Å². The molecule has 0 aliphatic carbocycles. The molecule has 5 heteroatoms. The number of nitrogens with zero attached hydrogens (tertiary/aromatic N) is 1. The van der Waals surface area contributed by atoms with E-state index >= 15 is 0 Å². The van der Waals surface area contributed by atoms with Crippen molar-refractivity contribution in [2.45, 2.75) is 27.2 Å². The topological polar surface area (TPSA) is 51.2 Å². The molecule has 2 rings (SSSR count). The maximum Gasteiger partial charge on any atom is 0.229 e. The lowest BCUT2D eigenvalue weighted by molar-refractivity contribution is -0.115. The molecule has 0 bridgehead atoms. The van der Waals surface area contributed by atoms with Crippen molar-refractivity contribution in [1.29, 1.82) is 0 Å². The van der Waals surface area contributed by atoms with E-state index in [4.69, 9.17) is 4.74 Å². The number of amides is 1. The van der Waals surface area contributed by atoms with Gasteiger partial charge in [-0.05, 0) is 32.9 Å². The fraction of sp³-hybridized carbons (Fsp3) is 0.333. The van der Waals surface area contributed by atoms with Gasteiger partial charge in [0, 0.05) is 4.88 Å². The van der Waals surface area contributed by atoms with E-state index in [1.54, 1.807) is 11.3 Å². The predicted molar refractivity (Wildman–Crippen MR) is 81.5 cm³/mol. The maximum atomic E-state index is 12.1. The second kappa shape index (κ2) is 6.52. The minimum absolute atomic E-state index is 0.0519. The van der Waals surface area contributed by atoms with Gasteiger partial charge in [0.05, 0.1) is 29.4 Å². The van der Waals surface area contributed by atoms with Crippen molar-refractivity contribution in [2.75, 3.05) is 11.9 Å². The number of nitrogens with one attached hydrogen (secondary N) is 1. The number of benzene rings is 1. The van der Waals surface area contributed by atoms with Crippen LogP contribution >= 0.6 is 11.3 Å². The lowest BCUT2D eigenvalue weighted by atomic mass is 10.2. The fourth-order valence-corrected chi connectivity index (χ4v) is 2.86. The van der Waals surface area contributed by atoms with Gasteiger partial charge in [-0.25, -0.2) is 4.98 Å². The summed E-state index contributed by atoms with van der Waals surface area (Å²) in [4.78, 5) is 17.5. The second-order valence-electron chi connectivity index (χ2n) is 4.40. The van der Waals surface area contributed by atoms with Crippen LogP contribution < -0.4 is 10.1 Å². The normalized spacial score (nSPS) is 10.3. The summed E-state index contributed by atoms with van der Waals surface area (Å²) in [5, 5.41) is 3.88. The Morgan fingerprint density at radius 1 is 1.35 bits per heavy atom. The molecule has 0 radical (unpaired) electrons. The van der Waals surface area contributed by atoms with E-state index in [-0.39, 0.29) is 5.91 Å². The highest BCUT2D eigenvalue weighted by molar-refractivity contribution is 7.11. The van der Waals surface area contributed by atoms with Crippen LogP contribution in [0.1, 0.15) is 22.5 Å². The quantitative estimate of drug-likeness (QED) is 0.919. The number of para-hydroxylation sites is 2. The van der Waals surface area contributed by atoms with Crippen molar-refractivity contribution in [3.05, 3.63) is 39.8 Å². The molecule has 20 heavy (non-hydrogen) atoms. The summed E-state index contributed by atoms with van der Waals surface area (Å²) in [7, 11) is 0. The number of carbonyl (C=O) groups excluding carboxylic acids is 1. The molecule has 0 atom stereocenters. The van der Waals surface area contributed by atoms with E-state index in [1.165, 1.54) is 0 Å². The Bertz CT molecular complexity index is 608. The molecule has 4 nitrogen and oxygen atoms in total. The molecule has 0 aliphatic rings.